The molecular weight excluding hydrogens is 100 g/mol. The number of nitrogens with zero attached hydrogens (tertiary/aromatic N) is 2. The highest BCUT2D eigenvalue weighted by molar-refractivity contribution is 5.72. The third-order valence-corrected chi connectivity index (χ3v) is 1.53. The third kappa shape index (κ3) is 0.670. The molecule has 1 aliphatic heterocycles. The Morgan fingerprint density at radius 2 is 2.12 bits per heavy atom. The van der Waals surface area contributed by atoms with Crippen LogP contribution >= 0.6 is 0 Å². The van der Waals surface area contributed by atoms with Crippen LogP contribution in [0.3, 0.4) is 0 Å². The summed E-state index contributed by atoms with van der Waals surface area (Å²) in [6, 6.07) is 0. The number of hydrogen-bond donors (Lipinski definition) is 0. The van der Waals surface area contributed by atoms with Crippen LogP contribution in [0.4, 0.5) is 0 Å². The molecule has 0 aromatic heterocycles. The smallest absolute Gasteiger partial charge is 0.133 e. The zero-order valence-electron chi connectivity index (χ0n) is 5.55. The van der Waals surface area contributed by atoms with Crippen LogP contribution in [0.25, 0.3) is 0 Å². The first kappa shape index (κ1) is 5.51. The molecule has 0 radical (unpaired) electrons. The Balaban J connectivity index is 2.87. The number of hydrogen-bond acceptors (Lipinski definition) is 1. The van der Waals surface area contributed by atoms with E-state index in [1.165, 1.54) is 5.70 Å². The van der Waals surface area contributed by atoms with Crippen molar-refractivity contribution in [3.8, 4) is 0 Å². The quantitative estimate of drug-likeness (QED) is 0.413. The lowest BCUT2D eigenvalue weighted by Crippen LogP contribution is -2.27. The average Bonchev–Trinajstić information content (AvgIpc) is 1.86. The van der Waals surface area contributed by atoms with Gasteiger partial charge in [-0.2, -0.15) is 4.59 Å². The molecule has 1 heterocycles. The van der Waals surface area contributed by atoms with Gasteiger partial charge in [-0.25, -0.2) is 0 Å². The summed E-state index contributed by atoms with van der Waals surface area (Å²) in [5.74, 6) is 0. The molecule has 0 unspecified atom stereocenters. The number of quaternary nitrogens is 1. The van der Waals surface area contributed by atoms with E-state index in [2.05, 4.69) is 26.1 Å². The van der Waals surface area contributed by atoms with Crippen LogP contribution in [0.5, 0.6) is 0 Å². The molecule has 0 saturated carbocycles. The first-order valence-electron chi connectivity index (χ1n) is 2.70. The van der Waals surface area contributed by atoms with E-state index in [0.717, 1.165) is 0 Å². The summed E-state index contributed by atoms with van der Waals surface area (Å²) in [6.45, 7) is 2.08. The van der Waals surface area contributed by atoms with Crippen molar-refractivity contribution in [1.82, 2.24) is 0 Å². The standard InChI is InChI=1S/C6H11N2/c1-6-4-5-7-8(6,2)3/h4-5H,1-3H3/q+1. The molecule has 0 aromatic carbocycles. The van der Waals surface area contributed by atoms with Gasteiger partial charge in [0.05, 0.1) is 20.3 Å². The topological polar surface area (TPSA) is 12.4 Å². The van der Waals surface area contributed by atoms with Gasteiger partial charge >= 0.3 is 0 Å². The van der Waals surface area contributed by atoms with Crippen LogP contribution in [0.15, 0.2) is 16.9 Å². The van der Waals surface area contributed by atoms with E-state index >= 15 is 0 Å². The average molecular weight is 111 g/mol. The van der Waals surface area contributed by atoms with Crippen molar-refractivity contribution >= 4 is 6.21 Å². The molecule has 8 heavy (non-hydrogen) atoms. The summed E-state index contributed by atoms with van der Waals surface area (Å²) in [4.78, 5) is 0. The van der Waals surface area contributed by atoms with Crippen LogP contribution in [0, 0.1) is 0 Å². The Kier molecular flexibility index (Phi) is 0.978. The van der Waals surface area contributed by atoms with Crippen molar-refractivity contribution in [3.63, 3.8) is 0 Å². The zero-order valence-corrected chi connectivity index (χ0v) is 5.55. The maximum atomic E-state index is 4.17. The Hall–Kier alpha value is -0.630. The Bertz CT molecular complexity index is 154. The molecular formula is C6H11N2+. The summed E-state index contributed by atoms with van der Waals surface area (Å²) in [5.41, 5.74) is 1.28. The molecule has 2 nitrogen and oxygen atoms in total. The predicted octanol–water partition coefficient (Wildman–Crippen LogP) is 0.966. The van der Waals surface area contributed by atoms with Crippen molar-refractivity contribution in [2.45, 2.75) is 6.92 Å². The maximum Gasteiger partial charge on any atom is 0.133 e. The largest absolute Gasteiger partial charge is 0.175 e. The lowest BCUT2D eigenvalue weighted by molar-refractivity contribution is -0.856. The second-order valence-electron chi connectivity index (χ2n) is 2.47. The molecule has 44 valence electrons. The van der Waals surface area contributed by atoms with Gasteiger partial charge in [0.25, 0.3) is 0 Å². The first-order chi connectivity index (χ1) is 3.63. The minimum atomic E-state index is 0.667. The summed E-state index contributed by atoms with van der Waals surface area (Å²) in [6.07, 6.45) is 3.87. The van der Waals surface area contributed by atoms with E-state index in [9.17, 15) is 0 Å². The van der Waals surface area contributed by atoms with E-state index in [1.54, 1.807) is 0 Å². The van der Waals surface area contributed by atoms with E-state index in [4.69, 9.17) is 0 Å². The zero-order chi connectivity index (χ0) is 6.20. The molecule has 0 saturated heterocycles. The number of rotatable bonds is 0. The van der Waals surface area contributed by atoms with Gasteiger partial charge in [-0.3, -0.25) is 0 Å². The van der Waals surface area contributed by atoms with E-state index in [0.29, 0.717) is 4.59 Å². The third-order valence-electron chi connectivity index (χ3n) is 1.53. The fourth-order valence-electron chi connectivity index (χ4n) is 0.581. The van der Waals surface area contributed by atoms with Crippen LogP contribution in [-0.2, 0) is 0 Å². The van der Waals surface area contributed by atoms with Gasteiger partial charge in [0.15, 0.2) is 0 Å². The van der Waals surface area contributed by atoms with Gasteiger partial charge in [0.1, 0.15) is 5.70 Å². The van der Waals surface area contributed by atoms with Crippen molar-refractivity contribution in [3.05, 3.63) is 11.8 Å². The second-order valence-corrected chi connectivity index (χ2v) is 2.47. The van der Waals surface area contributed by atoms with Gasteiger partial charge in [0.2, 0.25) is 0 Å². The van der Waals surface area contributed by atoms with Crippen LogP contribution in [0.1, 0.15) is 6.92 Å². The molecule has 0 spiro atoms. The van der Waals surface area contributed by atoms with Crippen molar-refractivity contribution in [2.75, 3.05) is 14.1 Å². The predicted molar refractivity (Wildman–Crippen MR) is 34.4 cm³/mol. The van der Waals surface area contributed by atoms with E-state index in [1.807, 2.05) is 12.3 Å². The Morgan fingerprint density at radius 3 is 2.25 bits per heavy atom. The minimum Gasteiger partial charge on any atom is -0.175 e. The molecule has 1 rings (SSSR count). The molecule has 0 fully saturated rings. The molecule has 0 N–H and O–H groups in total. The molecule has 0 aliphatic carbocycles. The van der Waals surface area contributed by atoms with Crippen LogP contribution < -0.4 is 0 Å². The highest BCUT2D eigenvalue weighted by Gasteiger charge is 2.19. The molecule has 0 atom stereocenters. The molecule has 2 heteroatoms. The van der Waals surface area contributed by atoms with Gasteiger partial charge in [-0.05, 0) is 0 Å². The lowest BCUT2D eigenvalue weighted by Gasteiger charge is -2.17. The van der Waals surface area contributed by atoms with E-state index in [-0.39, 0.29) is 0 Å². The Morgan fingerprint density at radius 1 is 1.50 bits per heavy atom. The van der Waals surface area contributed by atoms with E-state index < -0.39 is 0 Å². The number of allylic oxidation sites excluding steroid dienone is 2. The van der Waals surface area contributed by atoms with Crippen molar-refractivity contribution in [1.29, 1.82) is 0 Å². The molecule has 0 amide bonds. The van der Waals surface area contributed by atoms with Crippen LogP contribution in [0.2, 0.25) is 0 Å². The molecule has 0 bridgehead atoms. The Labute approximate surface area is 49.7 Å². The van der Waals surface area contributed by atoms with Crippen LogP contribution in [-0.4, -0.2) is 24.9 Å². The summed E-state index contributed by atoms with van der Waals surface area (Å²) in [5, 5.41) is 4.17. The second kappa shape index (κ2) is 1.42. The summed E-state index contributed by atoms with van der Waals surface area (Å²) < 4.78 is 0.667. The van der Waals surface area contributed by atoms with Gasteiger partial charge in [0, 0.05) is 13.0 Å². The van der Waals surface area contributed by atoms with Gasteiger partial charge in [-0.1, -0.05) is 5.10 Å². The summed E-state index contributed by atoms with van der Waals surface area (Å²) in [7, 11) is 4.10. The maximum absolute atomic E-state index is 4.17. The normalized spacial score (nSPS) is 23.6. The van der Waals surface area contributed by atoms with Gasteiger partial charge < -0.3 is 0 Å². The first-order valence-corrected chi connectivity index (χ1v) is 2.70. The highest BCUT2D eigenvalue weighted by Crippen LogP contribution is 2.13. The van der Waals surface area contributed by atoms with Crippen molar-refractivity contribution < 1.29 is 4.59 Å². The molecule has 1 aliphatic rings. The highest BCUT2D eigenvalue weighted by atomic mass is 15.6. The molecule has 0 aromatic rings. The fourth-order valence-corrected chi connectivity index (χ4v) is 0.581. The summed E-state index contributed by atoms with van der Waals surface area (Å²) >= 11 is 0. The monoisotopic (exact) mass is 111 g/mol. The fraction of sp³-hybridized carbons (Fsp3) is 0.500. The van der Waals surface area contributed by atoms with Gasteiger partial charge in [-0.15, -0.1) is 0 Å². The SMILES string of the molecule is CC1=CC=N[N+]1(C)C. The lowest BCUT2D eigenvalue weighted by atomic mass is 10.4. The minimum absolute atomic E-state index is 0.667. The van der Waals surface area contributed by atoms with Crippen molar-refractivity contribution in [2.24, 2.45) is 5.10 Å².